The first-order valence-electron chi connectivity index (χ1n) is 5.83. The molecule has 1 nitrogen and oxygen atoms in total. The van der Waals surface area contributed by atoms with Gasteiger partial charge in [-0.05, 0) is 0 Å². The van der Waals surface area contributed by atoms with Crippen molar-refractivity contribution in [2.24, 2.45) is 0 Å². The first-order valence-corrected chi connectivity index (χ1v) is 9.07. The van der Waals surface area contributed by atoms with E-state index in [-0.39, 0.29) is 21.5 Å². The number of anilines is 1. The van der Waals surface area contributed by atoms with E-state index < -0.39 is 0 Å². The molecule has 0 aliphatic rings. The van der Waals surface area contributed by atoms with E-state index in [2.05, 4.69) is 24.4 Å². The first-order chi connectivity index (χ1) is 9.19. The summed E-state index contributed by atoms with van der Waals surface area (Å²) in [6.45, 7) is 2.72. The monoisotopic (exact) mass is 364 g/mol. The normalized spacial score (nSPS) is 11.3. The maximum absolute atomic E-state index is 13.2. The van der Waals surface area contributed by atoms with Crippen LogP contribution in [-0.2, 0) is 22.2 Å². The van der Waals surface area contributed by atoms with E-state index in [1.165, 1.54) is 17.7 Å². The van der Waals surface area contributed by atoms with Crippen LogP contribution in [0.15, 0.2) is 42.5 Å². The van der Waals surface area contributed by atoms with Crippen LogP contribution in [0, 0.1) is 12.7 Å². The summed E-state index contributed by atoms with van der Waals surface area (Å²) >= 11 is -0.356. The summed E-state index contributed by atoms with van der Waals surface area (Å²) in [5.41, 5.74) is 4.22. The van der Waals surface area contributed by atoms with Crippen molar-refractivity contribution in [3.05, 3.63) is 65.0 Å². The predicted octanol–water partition coefficient (Wildman–Crippen LogP) is 4.13. The van der Waals surface area contributed by atoms with E-state index in [0.717, 1.165) is 16.8 Å². The van der Waals surface area contributed by atoms with Crippen LogP contribution in [0.25, 0.3) is 0 Å². The molecule has 0 heterocycles. The SMILES string of the molecule is Cc1ccc(NCc2ccc(F)cc2[CH]=[Ru][Cl])cc1. The van der Waals surface area contributed by atoms with E-state index in [1.54, 1.807) is 6.07 Å². The molecule has 2 aromatic carbocycles. The van der Waals surface area contributed by atoms with Crippen LogP contribution >= 0.6 is 9.69 Å². The Labute approximate surface area is 124 Å². The van der Waals surface area contributed by atoms with Crippen molar-refractivity contribution in [2.45, 2.75) is 13.5 Å². The predicted molar refractivity (Wildman–Crippen MR) is 75.9 cm³/mol. The molecular weight excluding hydrogens is 350 g/mol. The van der Waals surface area contributed by atoms with Gasteiger partial charge in [0.25, 0.3) is 0 Å². The van der Waals surface area contributed by atoms with Gasteiger partial charge in [0.15, 0.2) is 0 Å². The molecule has 0 fully saturated rings. The van der Waals surface area contributed by atoms with Crippen molar-refractivity contribution in [3.63, 3.8) is 0 Å². The molecule has 2 aromatic rings. The van der Waals surface area contributed by atoms with E-state index in [4.69, 9.17) is 9.69 Å². The second-order valence-electron chi connectivity index (χ2n) is 4.24. The van der Waals surface area contributed by atoms with Gasteiger partial charge in [0.1, 0.15) is 0 Å². The molecule has 0 spiro atoms. The zero-order chi connectivity index (χ0) is 13.7. The summed E-state index contributed by atoms with van der Waals surface area (Å²) in [4.78, 5) is 0. The Morgan fingerprint density at radius 3 is 2.63 bits per heavy atom. The third-order valence-electron chi connectivity index (χ3n) is 2.79. The van der Waals surface area contributed by atoms with Gasteiger partial charge in [-0.1, -0.05) is 0 Å². The molecule has 0 aliphatic carbocycles. The molecular formula is C15H14ClFNRu. The molecule has 0 saturated heterocycles. The summed E-state index contributed by atoms with van der Waals surface area (Å²) in [5, 5.41) is 3.33. The Morgan fingerprint density at radius 1 is 1.21 bits per heavy atom. The van der Waals surface area contributed by atoms with Crippen LogP contribution in [0.1, 0.15) is 16.7 Å². The standard InChI is InChI=1S/C15H14FN.ClH.Ru/c1-11-3-7-15(8-4-11)17-10-13-5-6-14(16)9-12(13)2;;/h2-9,17H,10H2,1H3;1H;/q;;+1/p-1. The number of hydrogen-bond donors (Lipinski definition) is 1. The van der Waals surface area contributed by atoms with E-state index >= 15 is 0 Å². The summed E-state index contributed by atoms with van der Waals surface area (Å²) in [7, 11) is 5.79. The number of rotatable bonds is 4. The molecule has 0 bridgehead atoms. The minimum absolute atomic E-state index is 0.226. The van der Waals surface area contributed by atoms with Crippen LogP contribution in [0.5, 0.6) is 0 Å². The third kappa shape index (κ3) is 4.23. The van der Waals surface area contributed by atoms with Crippen molar-refractivity contribution >= 4 is 20.0 Å². The fraction of sp³-hybridized carbons (Fsp3) is 0.133. The topological polar surface area (TPSA) is 12.0 Å². The van der Waals surface area contributed by atoms with E-state index in [1.807, 2.05) is 16.7 Å². The second-order valence-corrected chi connectivity index (χ2v) is 6.04. The van der Waals surface area contributed by atoms with Crippen LogP contribution in [0.3, 0.4) is 0 Å². The molecule has 0 atom stereocenters. The Hall–Kier alpha value is -1.05. The Bertz CT molecular complexity index is 581. The summed E-state index contributed by atoms with van der Waals surface area (Å²) in [6.07, 6.45) is 0. The Balaban J connectivity index is 2.12. The van der Waals surface area contributed by atoms with Crippen molar-refractivity contribution in [1.82, 2.24) is 0 Å². The quantitative estimate of drug-likeness (QED) is 0.805. The molecule has 0 saturated carbocycles. The van der Waals surface area contributed by atoms with E-state index in [9.17, 15) is 4.39 Å². The van der Waals surface area contributed by atoms with Gasteiger partial charge in [0.05, 0.1) is 0 Å². The Morgan fingerprint density at radius 2 is 1.95 bits per heavy atom. The number of hydrogen-bond acceptors (Lipinski definition) is 1. The van der Waals surface area contributed by atoms with Gasteiger partial charge in [-0.15, -0.1) is 0 Å². The molecule has 0 amide bonds. The van der Waals surface area contributed by atoms with E-state index in [0.29, 0.717) is 6.54 Å². The van der Waals surface area contributed by atoms with Crippen LogP contribution in [-0.4, -0.2) is 4.61 Å². The average Bonchev–Trinajstić information content (AvgIpc) is 2.40. The fourth-order valence-electron chi connectivity index (χ4n) is 1.73. The molecule has 19 heavy (non-hydrogen) atoms. The number of halogens is 2. The molecule has 0 aromatic heterocycles. The summed E-state index contributed by atoms with van der Waals surface area (Å²) < 4.78 is 15.1. The number of nitrogens with one attached hydrogen (secondary N) is 1. The van der Waals surface area contributed by atoms with Gasteiger partial charge >= 0.3 is 124 Å². The molecule has 4 heteroatoms. The van der Waals surface area contributed by atoms with Crippen LogP contribution < -0.4 is 5.32 Å². The van der Waals surface area contributed by atoms with Crippen LogP contribution in [0.4, 0.5) is 10.1 Å². The van der Waals surface area contributed by atoms with Crippen molar-refractivity contribution < 1.29 is 20.1 Å². The minimum atomic E-state index is -0.356. The van der Waals surface area contributed by atoms with Gasteiger partial charge in [0, 0.05) is 0 Å². The van der Waals surface area contributed by atoms with Crippen LogP contribution in [0.2, 0.25) is 0 Å². The molecule has 0 radical (unpaired) electrons. The van der Waals surface area contributed by atoms with Crippen molar-refractivity contribution in [3.8, 4) is 0 Å². The number of benzene rings is 2. The number of aryl methyl sites for hydroxylation is 1. The average molecular weight is 364 g/mol. The third-order valence-corrected chi connectivity index (χ3v) is 3.98. The van der Waals surface area contributed by atoms with Gasteiger partial charge in [-0.3, -0.25) is 0 Å². The molecule has 0 unspecified atom stereocenters. The van der Waals surface area contributed by atoms with Gasteiger partial charge in [-0.25, -0.2) is 0 Å². The summed E-state index contributed by atoms with van der Waals surface area (Å²) in [6, 6.07) is 13.0. The van der Waals surface area contributed by atoms with Crippen molar-refractivity contribution in [1.29, 1.82) is 0 Å². The fourth-order valence-corrected chi connectivity index (χ4v) is 2.90. The van der Waals surface area contributed by atoms with Gasteiger partial charge in [0.2, 0.25) is 0 Å². The first kappa shape index (κ1) is 14.4. The zero-order valence-electron chi connectivity index (χ0n) is 10.4. The molecule has 2 rings (SSSR count). The van der Waals surface area contributed by atoms with Gasteiger partial charge in [-0.2, -0.15) is 0 Å². The molecule has 101 valence electrons. The zero-order valence-corrected chi connectivity index (χ0v) is 12.9. The molecule has 1 N–H and O–H groups in total. The molecule has 0 aliphatic heterocycles. The summed E-state index contributed by atoms with van der Waals surface area (Å²) in [5.74, 6) is -0.226. The van der Waals surface area contributed by atoms with Gasteiger partial charge < -0.3 is 0 Å². The van der Waals surface area contributed by atoms with Crippen molar-refractivity contribution in [2.75, 3.05) is 5.32 Å². The maximum atomic E-state index is 13.2. The Kier molecular flexibility index (Phi) is 5.24. The second kappa shape index (κ2) is 6.93.